The van der Waals surface area contributed by atoms with E-state index < -0.39 is 5.82 Å². The smallest absolute Gasteiger partial charge is 0.127 e. The number of halogens is 3. The molecule has 2 rings (SSSR count). The largest absolute Gasteiger partial charge is 0.489 e. The van der Waals surface area contributed by atoms with Gasteiger partial charge in [0, 0.05) is 11.6 Å². The highest BCUT2D eigenvalue weighted by Gasteiger charge is 2.06. The maximum absolute atomic E-state index is 13.2. The molecule has 0 saturated heterocycles. The second-order valence-corrected chi connectivity index (χ2v) is 4.74. The third kappa shape index (κ3) is 3.60. The van der Waals surface area contributed by atoms with E-state index in [4.69, 9.17) is 33.0 Å². The lowest BCUT2D eigenvalue weighted by molar-refractivity contribution is 0.276. The molecule has 5 heteroatoms. The predicted octanol–water partition coefficient (Wildman–Crippen LogP) is 4.20. The molecule has 0 aliphatic carbocycles. The van der Waals surface area contributed by atoms with Crippen LogP contribution < -0.4 is 4.74 Å². The first-order valence-corrected chi connectivity index (χ1v) is 6.32. The molecule has 0 aliphatic heterocycles. The maximum Gasteiger partial charge on any atom is 0.127 e. The quantitative estimate of drug-likeness (QED) is 0.917. The van der Waals surface area contributed by atoms with Crippen LogP contribution in [0, 0.1) is 5.82 Å². The van der Waals surface area contributed by atoms with E-state index in [0.717, 1.165) is 0 Å². The average molecular weight is 301 g/mol. The Labute approximate surface area is 120 Å². The summed E-state index contributed by atoms with van der Waals surface area (Å²) in [6.07, 6.45) is 0. The third-order valence-corrected chi connectivity index (χ3v) is 3.40. The standard InChI is InChI=1S/C14H11Cl2FO2/c15-13-3-1-2-10(14(13)16)8-19-12-5-9(7-18)4-11(17)6-12/h1-6,18H,7-8H2. The van der Waals surface area contributed by atoms with Gasteiger partial charge < -0.3 is 9.84 Å². The Morgan fingerprint density at radius 1 is 1.16 bits per heavy atom. The molecule has 2 aromatic carbocycles. The first-order chi connectivity index (χ1) is 9.10. The van der Waals surface area contributed by atoms with E-state index in [-0.39, 0.29) is 13.2 Å². The van der Waals surface area contributed by atoms with Crippen LogP contribution in [0.3, 0.4) is 0 Å². The summed E-state index contributed by atoms with van der Waals surface area (Å²) in [5.41, 5.74) is 1.16. The van der Waals surface area contributed by atoms with Crippen LogP contribution >= 0.6 is 23.2 Å². The lowest BCUT2D eigenvalue weighted by Gasteiger charge is -2.09. The van der Waals surface area contributed by atoms with Gasteiger partial charge in [0.2, 0.25) is 0 Å². The van der Waals surface area contributed by atoms with Crippen LogP contribution in [0.5, 0.6) is 5.75 Å². The summed E-state index contributed by atoms with van der Waals surface area (Å²) in [5, 5.41) is 9.85. The van der Waals surface area contributed by atoms with Gasteiger partial charge in [-0.3, -0.25) is 0 Å². The molecule has 0 aliphatic rings. The Morgan fingerprint density at radius 2 is 1.95 bits per heavy atom. The van der Waals surface area contributed by atoms with Gasteiger partial charge in [0.05, 0.1) is 16.7 Å². The summed E-state index contributed by atoms with van der Waals surface area (Å²) in [7, 11) is 0. The lowest BCUT2D eigenvalue weighted by Crippen LogP contribution is -1.98. The van der Waals surface area contributed by atoms with Crippen LogP contribution in [0.1, 0.15) is 11.1 Å². The van der Waals surface area contributed by atoms with Crippen molar-refractivity contribution in [3.8, 4) is 5.75 Å². The van der Waals surface area contributed by atoms with Crippen molar-refractivity contribution in [3.63, 3.8) is 0 Å². The number of hydrogen-bond acceptors (Lipinski definition) is 2. The van der Waals surface area contributed by atoms with Crippen molar-refractivity contribution in [2.75, 3.05) is 0 Å². The van der Waals surface area contributed by atoms with E-state index >= 15 is 0 Å². The minimum atomic E-state index is -0.459. The number of hydrogen-bond donors (Lipinski definition) is 1. The normalized spacial score (nSPS) is 10.5. The van der Waals surface area contributed by atoms with Gasteiger partial charge in [-0.25, -0.2) is 4.39 Å². The highest BCUT2D eigenvalue weighted by Crippen LogP contribution is 2.27. The molecule has 100 valence electrons. The second kappa shape index (κ2) is 6.24. The molecule has 0 radical (unpaired) electrons. The van der Waals surface area contributed by atoms with E-state index in [1.165, 1.54) is 12.1 Å². The molecular formula is C14H11Cl2FO2. The highest BCUT2D eigenvalue weighted by atomic mass is 35.5. The van der Waals surface area contributed by atoms with Crippen LogP contribution in [0.25, 0.3) is 0 Å². The minimum Gasteiger partial charge on any atom is -0.489 e. The van der Waals surface area contributed by atoms with Gasteiger partial charge in [0.1, 0.15) is 18.2 Å². The number of ether oxygens (including phenoxy) is 1. The molecule has 19 heavy (non-hydrogen) atoms. The number of rotatable bonds is 4. The predicted molar refractivity (Wildman–Crippen MR) is 73.1 cm³/mol. The van der Waals surface area contributed by atoms with Gasteiger partial charge in [-0.1, -0.05) is 35.3 Å². The maximum atomic E-state index is 13.2. The zero-order valence-electron chi connectivity index (χ0n) is 9.87. The zero-order chi connectivity index (χ0) is 13.8. The first kappa shape index (κ1) is 14.1. The summed E-state index contributed by atoms with van der Waals surface area (Å²) < 4.78 is 18.7. The molecule has 2 nitrogen and oxygen atoms in total. The Bertz CT molecular complexity index is 588. The molecule has 0 spiro atoms. The summed E-state index contributed by atoms with van der Waals surface area (Å²) >= 11 is 11.9. The van der Waals surface area contributed by atoms with Gasteiger partial charge in [-0.05, 0) is 23.8 Å². The van der Waals surface area contributed by atoms with Crippen molar-refractivity contribution < 1.29 is 14.2 Å². The molecule has 0 bridgehead atoms. The fraction of sp³-hybridized carbons (Fsp3) is 0.143. The Kier molecular flexibility index (Phi) is 4.64. The van der Waals surface area contributed by atoms with Crippen LogP contribution in [0.15, 0.2) is 36.4 Å². The molecule has 0 heterocycles. The molecule has 1 N–H and O–H groups in total. The van der Waals surface area contributed by atoms with E-state index in [1.807, 2.05) is 0 Å². The molecule has 0 saturated carbocycles. The summed E-state index contributed by atoms with van der Waals surface area (Å²) in [6.45, 7) is -0.0697. The van der Waals surface area contributed by atoms with Crippen molar-refractivity contribution in [2.24, 2.45) is 0 Å². The van der Waals surface area contributed by atoms with Crippen LogP contribution in [0.2, 0.25) is 10.0 Å². The minimum absolute atomic E-state index is 0.174. The second-order valence-electron chi connectivity index (χ2n) is 3.95. The van der Waals surface area contributed by atoms with Crippen molar-refractivity contribution >= 4 is 23.2 Å². The summed E-state index contributed by atoms with van der Waals surface area (Å²) in [4.78, 5) is 0. The van der Waals surface area contributed by atoms with E-state index in [2.05, 4.69) is 0 Å². The Balaban J connectivity index is 2.14. The fourth-order valence-electron chi connectivity index (χ4n) is 1.62. The number of benzene rings is 2. The number of aliphatic hydroxyl groups is 1. The van der Waals surface area contributed by atoms with Gasteiger partial charge in [0.15, 0.2) is 0 Å². The van der Waals surface area contributed by atoms with Crippen LogP contribution in [-0.4, -0.2) is 5.11 Å². The Hall–Kier alpha value is -1.29. The molecule has 0 amide bonds. The van der Waals surface area contributed by atoms with E-state index in [0.29, 0.717) is 26.9 Å². The molecule has 0 aromatic heterocycles. The highest BCUT2D eigenvalue weighted by molar-refractivity contribution is 6.42. The molecule has 0 unspecified atom stereocenters. The topological polar surface area (TPSA) is 29.5 Å². The molecule has 2 aromatic rings. The SMILES string of the molecule is OCc1cc(F)cc(OCc2cccc(Cl)c2Cl)c1. The van der Waals surface area contributed by atoms with E-state index in [9.17, 15) is 4.39 Å². The Morgan fingerprint density at radius 3 is 2.68 bits per heavy atom. The van der Waals surface area contributed by atoms with Gasteiger partial charge in [-0.2, -0.15) is 0 Å². The molecule has 0 fully saturated rings. The molecule has 0 atom stereocenters. The fourth-order valence-corrected chi connectivity index (χ4v) is 1.99. The van der Waals surface area contributed by atoms with Crippen LogP contribution in [-0.2, 0) is 13.2 Å². The van der Waals surface area contributed by atoms with Crippen LogP contribution in [0.4, 0.5) is 4.39 Å². The zero-order valence-corrected chi connectivity index (χ0v) is 11.4. The summed E-state index contributed by atoms with van der Waals surface area (Å²) in [6, 6.07) is 9.29. The van der Waals surface area contributed by atoms with Crippen molar-refractivity contribution in [1.82, 2.24) is 0 Å². The van der Waals surface area contributed by atoms with Gasteiger partial charge in [-0.15, -0.1) is 0 Å². The van der Waals surface area contributed by atoms with Crippen molar-refractivity contribution in [3.05, 3.63) is 63.4 Å². The van der Waals surface area contributed by atoms with Gasteiger partial charge in [0.25, 0.3) is 0 Å². The van der Waals surface area contributed by atoms with Gasteiger partial charge >= 0.3 is 0 Å². The lowest BCUT2D eigenvalue weighted by atomic mass is 10.2. The van der Waals surface area contributed by atoms with E-state index in [1.54, 1.807) is 24.3 Å². The third-order valence-electron chi connectivity index (χ3n) is 2.54. The first-order valence-electron chi connectivity index (χ1n) is 5.56. The monoisotopic (exact) mass is 300 g/mol. The summed E-state index contributed by atoms with van der Waals surface area (Å²) in [5.74, 6) is -0.126. The van der Waals surface area contributed by atoms with Crippen molar-refractivity contribution in [2.45, 2.75) is 13.2 Å². The average Bonchev–Trinajstić information content (AvgIpc) is 2.40. The van der Waals surface area contributed by atoms with Crippen molar-refractivity contribution in [1.29, 1.82) is 0 Å². The molecular weight excluding hydrogens is 290 g/mol. The number of aliphatic hydroxyl groups excluding tert-OH is 1.